The lowest BCUT2D eigenvalue weighted by atomic mass is 10.0. The fraction of sp³-hybridized carbons (Fsp3) is 0.250. The third kappa shape index (κ3) is 4.03. The molecule has 0 fully saturated rings. The van der Waals surface area contributed by atoms with Crippen LogP contribution in [0.4, 0.5) is 0 Å². The Morgan fingerprint density at radius 2 is 1.82 bits per heavy atom. The van der Waals surface area contributed by atoms with Crippen molar-refractivity contribution >= 4 is 29.3 Å². The topological polar surface area (TPSA) is 71.4 Å². The van der Waals surface area contributed by atoms with Gasteiger partial charge in [0, 0.05) is 4.90 Å². The number of benzene rings is 1. The minimum absolute atomic E-state index is 0.0133. The van der Waals surface area contributed by atoms with Crippen LogP contribution in [0.25, 0.3) is 0 Å². The van der Waals surface area contributed by atoms with Crippen molar-refractivity contribution in [3.63, 3.8) is 0 Å². The highest BCUT2D eigenvalue weighted by atomic mass is 32.2. The van der Waals surface area contributed by atoms with Crippen LogP contribution in [0.5, 0.6) is 0 Å². The number of carboxylic acid groups (broad SMARTS) is 1. The fourth-order valence-corrected chi connectivity index (χ4v) is 2.12. The Bertz CT molecular complexity index is 413. The normalized spacial score (nSPS) is 11.8. The standard InChI is InChI=1S/C12H12O4S/c1-8(13)11(12(15)16)10(14)7-17-9-5-3-2-4-6-9/h2-6,11H,7H2,1H3,(H,15,16). The van der Waals surface area contributed by atoms with E-state index in [0.29, 0.717) is 0 Å². The molecule has 0 saturated carbocycles. The first kappa shape index (κ1) is 13.4. The van der Waals surface area contributed by atoms with E-state index in [1.807, 2.05) is 30.3 Å². The van der Waals surface area contributed by atoms with Crippen LogP contribution in [-0.4, -0.2) is 28.4 Å². The summed E-state index contributed by atoms with van der Waals surface area (Å²) < 4.78 is 0. The van der Waals surface area contributed by atoms with Gasteiger partial charge in [0.05, 0.1) is 5.75 Å². The van der Waals surface area contributed by atoms with Crippen LogP contribution in [0.1, 0.15) is 6.92 Å². The number of rotatable bonds is 6. The number of carboxylic acids is 1. The van der Waals surface area contributed by atoms with E-state index in [4.69, 9.17) is 5.11 Å². The maximum absolute atomic E-state index is 11.6. The summed E-state index contributed by atoms with van der Waals surface area (Å²) in [5.74, 6) is -4.13. The predicted molar refractivity (Wildman–Crippen MR) is 64.0 cm³/mol. The van der Waals surface area contributed by atoms with Crippen molar-refractivity contribution in [2.24, 2.45) is 5.92 Å². The summed E-state index contributed by atoms with van der Waals surface area (Å²) in [5.41, 5.74) is 0. The highest BCUT2D eigenvalue weighted by molar-refractivity contribution is 8.00. The third-order valence-corrected chi connectivity index (χ3v) is 3.13. The molecule has 0 heterocycles. The number of hydrogen-bond acceptors (Lipinski definition) is 4. The molecule has 1 rings (SSSR count). The Kier molecular flexibility index (Phi) is 4.90. The van der Waals surface area contributed by atoms with Crippen molar-refractivity contribution in [1.29, 1.82) is 0 Å². The summed E-state index contributed by atoms with van der Waals surface area (Å²) >= 11 is 1.23. The molecule has 0 radical (unpaired) electrons. The summed E-state index contributed by atoms with van der Waals surface area (Å²) in [6.45, 7) is 1.11. The molecular weight excluding hydrogens is 240 g/mol. The van der Waals surface area contributed by atoms with Gasteiger partial charge in [0.2, 0.25) is 0 Å². The number of hydrogen-bond donors (Lipinski definition) is 1. The van der Waals surface area contributed by atoms with E-state index in [0.717, 1.165) is 11.8 Å². The molecule has 0 aromatic heterocycles. The van der Waals surface area contributed by atoms with Crippen molar-refractivity contribution in [3.8, 4) is 0 Å². The summed E-state index contributed by atoms with van der Waals surface area (Å²) in [5, 5.41) is 8.76. The first-order valence-electron chi connectivity index (χ1n) is 4.96. The molecule has 17 heavy (non-hydrogen) atoms. The van der Waals surface area contributed by atoms with E-state index in [-0.39, 0.29) is 5.75 Å². The van der Waals surface area contributed by atoms with Crippen molar-refractivity contribution in [2.75, 3.05) is 5.75 Å². The minimum Gasteiger partial charge on any atom is -0.480 e. The second-order valence-corrected chi connectivity index (χ2v) is 4.50. The smallest absolute Gasteiger partial charge is 0.321 e. The van der Waals surface area contributed by atoms with Gasteiger partial charge in [0.1, 0.15) is 0 Å². The highest BCUT2D eigenvalue weighted by Gasteiger charge is 2.30. The van der Waals surface area contributed by atoms with Crippen molar-refractivity contribution < 1.29 is 19.5 Å². The van der Waals surface area contributed by atoms with Crippen LogP contribution in [0.2, 0.25) is 0 Å². The van der Waals surface area contributed by atoms with Gasteiger partial charge in [-0.15, -0.1) is 11.8 Å². The van der Waals surface area contributed by atoms with E-state index in [1.165, 1.54) is 11.8 Å². The van der Waals surface area contributed by atoms with Crippen LogP contribution in [0.15, 0.2) is 35.2 Å². The first-order chi connectivity index (χ1) is 8.02. The minimum atomic E-state index is -1.54. The van der Waals surface area contributed by atoms with Crippen LogP contribution >= 0.6 is 11.8 Å². The van der Waals surface area contributed by atoms with Crippen LogP contribution < -0.4 is 0 Å². The molecule has 1 aromatic rings. The summed E-state index contributed by atoms with van der Waals surface area (Å²) in [7, 11) is 0. The maximum Gasteiger partial charge on any atom is 0.321 e. The molecule has 90 valence electrons. The molecule has 0 amide bonds. The summed E-state index contributed by atoms with van der Waals surface area (Å²) in [4.78, 5) is 34.2. The Labute approximate surface area is 103 Å². The summed E-state index contributed by atoms with van der Waals surface area (Å²) in [6.07, 6.45) is 0. The first-order valence-corrected chi connectivity index (χ1v) is 5.94. The average Bonchev–Trinajstić information content (AvgIpc) is 2.27. The van der Waals surface area contributed by atoms with E-state index in [1.54, 1.807) is 0 Å². The Morgan fingerprint density at radius 3 is 2.29 bits per heavy atom. The number of carbonyl (C=O) groups is 3. The number of aliphatic carboxylic acids is 1. The third-order valence-electron chi connectivity index (χ3n) is 2.10. The van der Waals surface area contributed by atoms with Crippen molar-refractivity contribution in [1.82, 2.24) is 0 Å². The van der Waals surface area contributed by atoms with Crippen LogP contribution in [0, 0.1) is 5.92 Å². The predicted octanol–water partition coefficient (Wildman–Crippen LogP) is 1.64. The van der Waals surface area contributed by atoms with Gasteiger partial charge >= 0.3 is 5.97 Å². The molecule has 5 heteroatoms. The van der Waals surface area contributed by atoms with Gasteiger partial charge in [-0.2, -0.15) is 0 Å². The Hall–Kier alpha value is -1.62. The molecule has 1 N–H and O–H groups in total. The van der Waals surface area contributed by atoms with Gasteiger partial charge < -0.3 is 5.11 Å². The molecule has 0 aliphatic carbocycles. The van der Waals surface area contributed by atoms with Crippen LogP contribution in [0.3, 0.4) is 0 Å². The lowest BCUT2D eigenvalue weighted by Gasteiger charge is -2.07. The molecule has 1 aromatic carbocycles. The van der Waals surface area contributed by atoms with E-state index in [2.05, 4.69) is 0 Å². The molecule has 0 aliphatic heterocycles. The monoisotopic (exact) mass is 252 g/mol. The average molecular weight is 252 g/mol. The number of thioether (sulfide) groups is 1. The fourth-order valence-electron chi connectivity index (χ4n) is 1.29. The van der Waals surface area contributed by atoms with Gasteiger partial charge in [-0.3, -0.25) is 14.4 Å². The maximum atomic E-state index is 11.6. The van der Waals surface area contributed by atoms with Gasteiger partial charge in [-0.1, -0.05) is 18.2 Å². The van der Waals surface area contributed by atoms with E-state index < -0.39 is 23.5 Å². The summed E-state index contributed by atoms with van der Waals surface area (Å²) in [6, 6.07) is 9.14. The lowest BCUT2D eigenvalue weighted by Crippen LogP contribution is -2.31. The van der Waals surface area contributed by atoms with Gasteiger partial charge in [-0.05, 0) is 19.1 Å². The molecule has 1 unspecified atom stereocenters. The van der Waals surface area contributed by atoms with Crippen LogP contribution in [-0.2, 0) is 14.4 Å². The van der Waals surface area contributed by atoms with Crippen molar-refractivity contribution in [2.45, 2.75) is 11.8 Å². The highest BCUT2D eigenvalue weighted by Crippen LogP contribution is 2.18. The SMILES string of the molecule is CC(=O)C(C(=O)O)C(=O)CSc1ccccc1. The van der Waals surface area contributed by atoms with E-state index in [9.17, 15) is 14.4 Å². The number of Topliss-reactive ketones (excluding diaryl/α,β-unsaturated/α-hetero) is 2. The number of carbonyl (C=O) groups excluding carboxylic acids is 2. The van der Waals surface area contributed by atoms with Gasteiger partial charge in [0.25, 0.3) is 0 Å². The molecular formula is C12H12O4S. The molecule has 0 bridgehead atoms. The van der Waals surface area contributed by atoms with Crippen molar-refractivity contribution in [3.05, 3.63) is 30.3 Å². The Morgan fingerprint density at radius 1 is 1.24 bits per heavy atom. The Balaban J connectivity index is 2.60. The molecule has 4 nitrogen and oxygen atoms in total. The number of ketones is 2. The molecule has 1 atom stereocenters. The second-order valence-electron chi connectivity index (χ2n) is 3.45. The second kappa shape index (κ2) is 6.20. The molecule has 0 spiro atoms. The van der Waals surface area contributed by atoms with E-state index >= 15 is 0 Å². The largest absolute Gasteiger partial charge is 0.480 e. The van der Waals surface area contributed by atoms with Gasteiger partial charge in [0.15, 0.2) is 17.5 Å². The molecule has 0 saturated heterocycles. The zero-order valence-corrected chi connectivity index (χ0v) is 10.1. The quantitative estimate of drug-likeness (QED) is 0.615. The zero-order chi connectivity index (χ0) is 12.8. The zero-order valence-electron chi connectivity index (χ0n) is 9.25. The lowest BCUT2D eigenvalue weighted by molar-refractivity contribution is -0.149. The molecule has 0 aliphatic rings. The van der Waals surface area contributed by atoms with Gasteiger partial charge in [-0.25, -0.2) is 0 Å².